The normalized spacial score (nSPS) is 14.7. The summed E-state index contributed by atoms with van der Waals surface area (Å²) < 4.78 is 21.0. The zero-order chi connectivity index (χ0) is 30.8. The van der Waals surface area contributed by atoms with Crippen molar-refractivity contribution in [1.82, 2.24) is 9.13 Å². The van der Waals surface area contributed by atoms with Crippen LogP contribution in [0.2, 0.25) is 0 Å². The van der Waals surface area contributed by atoms with E-state index >= 15 is 0 Å². The van der Waals surface area contributed by atoms with Crippen molar-refractivity contribution in [2.45, 2.75) is 53.5 Å². The van der Waals surface area contributed by atoms with E-state index in [-0.39, 0.29) is 11.1 Å². The highest BCUT2D eigenvalue weighted by molar-refractivity contribution is 7.07. The summed E-state index contributed by atoms with van der Waals surface area (Å²) in [7, 11) is 1.32. The number of fused-ring (bicyclic) bond motifs is 1. The van der Waals surface area contributed by atoms with E-state index in [1.807, 2.05) is 32.1 Å². The van der Waals surface area contributed by atoms with E-state index < -0.39 is 12.0 Å². The van der Waals surface area contributed by atoms with Gasteiger partial charge in [-0.2, -0.15) is 0 Å². The largest absolute Gasteiger partial charge is 0.490 e. The first-order valence-corrected chi connectivity index (χ1v) is 15.3. The minimum Gasteiger partial charge on any atom is -0.490 e. The summed E-state index contributed by atoms with van der Waals surface area (Å²) in [5.41, 5.74) is 6.11. The fourth-order valence-electron chi connectivity index (χ4n) is 5.47. The molecule has 3 heterocycles. The molecule has 5 rings (SSSR count). The van der Waals surface area contributed by atoms with Crippen LogP contribution in [-0.2, 0) is 9.53 Å². The molecule has 8 nitrogen and oxygen atoms in total. The molecule has 0 bridgehead atoms. The van der Waals surface area contributed by atoms with E-state index in [9.17, 15) is 9.59 Å². The third-order valence-corrected chi connectivity index (χ3v) is 8.58. The molecule has 4 aromatic rings. The van der Waals surface area contributed by atoms with E-state index in [0.717, 1.165) is 22.6 Å². The molecule has 2 aromatic carbocycles. The second kappa shape index (κ2) is 12.5. The van der Waals surface area contributed by atoms with Crippen molar-refractivity contribution >= 4 is 23.4 Å². The molecule has 0 radical (unpaired) electrons. The van der Waals surface area contributed by atoms with Crippen LogP contribution < -0.4 is 24.4 Å². The summed E-state index contributed by atoms with van der Waals surface area (Å²) in [5, 5.41) is 0. The number of benzene rings is 2. The number of carbonyl (C=O) groups excluding carboxylic acids is 1. The smallest absolute Gasteiger partial charge is 0.337 e. The molecule has 0 spiro atoms. The van der Waals surface area contributed by atoms with Crippen LogP contribution in [0.4, 0.5) is 0 Å². The second-order valence-corrected chi connectivity index (χ2v) is 11.7. The molecule has 0 N–H and O–H groups in total. The van der Waals surface area contributed by atoms with Gasteiger partial charge < -0.3 is 18.8 Å². The topological polar surface area (TPSA) is 84.0 Å². The standard InChI is InChI=1S/C34H37N3O5S/c1-8-41-28-15-12-24(17-29(28)42-9-2)31-27(33(39)40-7)19-35-34-37(31)32(38)30(43-34)18-25-16-21(5)36(22(25)6)26-13-10-23(11-14-26)20(3)4/h10-20,31H,8-9H2,1-7H3/b30-18-/t31-/m1/s1. The summed E-state index contributed by atoms with van der Waals surface area (Å²) in [6, 6.07) is 15.4. The molecule has 2 aromatic heterocycles. The van der Waals surface area contributed by atoms with Gasteiger partial charge in [-0.05, 0) is 86.7 Å². The molecule has 43 heavy (non-hydrogen) atoms. The Kier molecular flexibility index (Phi) is 8.73. The third kappa shape index (κ3) is 5.69. The van der Waals surface area contributed by atoms with Crippen molar-refractivity contribution in [3.63, 3.8) is 0 Å². The molecule has 0 fully saturated rings. The Hall–Kier alpha value is -4.37. The van der Waals surface area contributed by atoms with Crippen molar-refractivity contribution in [3.8, 4) is 17.2 Å². The number of ether oxygens (including phenoxy) is 3. The number of nitrogens with zero attached hydrogens (tertiary/aromatic N) is 3. The van der Waals surface area contributed by atoms with Gasteiger partial charge in [0, 0.05) is 23.3 Å². The Balaban J connectivity index is 1.63. The zero-order valence-electron chi connectivity index (χ0n) is 25.6. The maximum absolute atomic E-state index is 14.1. The fourth-order valence-corrected chi connectivity index (χ4v) is 6.43. The van der Waals surface area contributed by atoms with Gasteiger partial charge in [0.2, 0.25) is 0 Å². The Labute approximate surface area is 255 Å². The predicted molar refractivity (Wildman–Crippen MR) is 169 cm³/mol. The van der Waals surface area contributed by atoms with Crippen LogP contribution in [0.1, 0.15) is 67.7 Å². The van der Waals surface area contributed by atoms with Gasteiger partial charge in [0.25, 0.3) is 5.56 Å². The minimum absolute atomic E-state index is 0.235. The fraction of sp³-hybridized carbons (Fsp3) is 0.324. The van der Waals surface area contributed by atoms with Gasteiger partial charge >= 0.3 is 5.97 Å². The van der Waals surface area contributed by atoms with E-state index in [2.05, 4.69) is 67.6 Å². The number of rotatable bonds is 9. The average molecular weight is 600 g/mol. The first kappa shape index (κ1) is 30.1. The molecule has 0 saturated heterocycles. The molecule has 0 unspecified atom stereocenters. The highest BCUT2D eigenvalue weighted by atomic mass is 32.1. The number of methoxy groups -OCH3 is 1. The average Bonchev–Trinajstić information content (AvgIpc) is 3.47. The predicted octanol–water partition coefficient (Wildman–Crippen LogP) is 5.35. The molecule has 0 saturated carbocycles. The number of esters is 1. The Morgan fingerprint density at radius 3 is 2.37 bits per heavy atom. The lowest BCUT2D eigenvalue weighted by Crippen LogP contribution is -2.39. The van der Waals surface area contributed by atoms with Gasteiger partial charge in [-0.15, -0.1) is 0 Å². The third-order valence-electron chi connectivity index (χ3n) is 7.58. The maximum Gasteiger partial charge on any atom is 0.337 e. The lowest BCUT2D eigenvalue weighted by Gasteiger charge is -2.23. The Bertz CT molecular complexity index is 1880. The number of aryl methyl sites for hydroxylation is 1. The summed E-state index contributed by atoms with van der Waals surface area (Å²) in [4.78, 5) is 32.0. The molecule has 0 amide bonds. The number of hydrogen-bond donors (Lipinski definition) is 0. The molecule has 0 aliphatic carbocycles. The van der Waals surface area contributed by atoms with Gasteiger partial charge in [-0.1, -0.05) is 43.4 Å². The molecular formula is C34H37N3O5S. The summed E-state index contributed by atoms with van der Waals surface area (Å²) in [6.07, 6.45) is 3.41. The van der Waals surface area contributed by atoms with Crippen molar-refractivity contribution < 1.29 is 19.0 Å². The maximum atomic E-state index is 14.1. The molecule has 1 atom stereocenters. The highest BCUT2D eigenvalue weighted by Crippen LogP contribution is 2.35. The zero-order valence-corrected chi connectivity index (χ0v) is 26.5. The Morgan fingerprint density at radius 2 is 1.72 bits per heavy atom. The lowest BCUT2D eigenvalue weighted by atomic mass is 9.97. The van der Waals surface area contributed by atoms with Crippen molar-refractivity contribution in [3.05, 3.63) is 108 Å². The van der Waals surface area contributed by atoms with Crippen LogP contribution >= 0.6 is 11.3 Å². The monoisotopic (exact) mass is 599 g/mol. The van der Waals surface area contributed by atoms with Crippen molar-refractivity contribution in [2.24, 2.45) is 4.99 Å². The quantitative estimate of drug-likeness (QED) is 0.242. The Morgan fingerprint density at radius 1 is 1.02 bits per heavy atom. The van der Waals surface area contributed by atoms with E-state index in [0.29, 0.717) is 45.5 Å². The summed E-state index contributed by atoms with van der Waals surface area (Å²) in [6.45, 7) is 13.2. The first-order valence-electron chi connectivity index (χ1n) is 14.5. The van der Waals surface area contributed by atoms with Crippen LogP contribution in [0.15, 0.2) is 70.1 Å². The van der Waals surface area contributed by atoms with Gasteiger partial charge in [0.1, 0.15) is 0 Å². The SMILES string of the molecule is CCOc1ccc([C@@H]2C(C(=O)OC)=CN=c3s/c(=C\c4cc(C)n(-c5ccc(C(C)C)cc5)c4C)c(=O)n32)cc1OCC. The highest BCUT2D eigenvalue weighted by Gasteiger charge is 2.31. The van der Waals surface area contributed by atoms with Crippen molar-refractivity contribution in [2.75, 3.05) is 20.3 Å². The van der Waals surface area contributed by atoms with Crippen LogP contribution in [0.5, 0.6) is 11.5 Å². The molecule has 224 valence electrons. The summed E-state index contributed by atoms with van der Waals surface area (Å²) >= 11 is 1.29. The number of carbonyl (C=O) groups is 1. The van der Waals surface area contributed by atoms with Gasteiger partial charge in [0.15, 0.2) is 16.3 Å². The van der Waals surface area contributed by atoms with Crippen LogP contribution in [0.3, 0.4) is 0 Å². The summed E-state index contributed by atoms with van der Waals surface area (Å²) in [5.74, 6) is 1.04. The number of thiazole rings is 1. The van der Waals surface area contributed by atoms with E-state index in [1.165, 1.54) is 30.2 Å². The van der Waals surface area contributed by atoms with Gasteiger partial charge in [-0.25, -0.2) is 9.79 Å². The minimum atomic E-state index is -0.743. The second-order valence-electron chi connectivity index (χ2n) is 10.7. The van der Waals surface area contributed by atoms with E-state index in [1.54, 1.807) is 10.6 Å². The van der Waals surface area contributed by atoms with Gasteiger partial charge in [0.05, 0.1) is 36.5 Å². The lowest BCUT2D eigenvalue weighted by molar-refractivity contribution is -0.136. The van der Waals surface area contributed by atoms with E-state index in [4.69, 9.17) is 14.2 Å². The number of hydrogen-bond acceptors (Lipinski definition) is 7. The molecule has 1 aliphatic rings. The van der Waals surface area contributed by atoms with Gasteiger partial charge in [-0.3, -0.25) is 9.36 Å². The molecule has 9 heteroatoms. The van der Waals surface area contributed by atoms with Crippen LogP contribution in [-0.4, -0.2) is 35.4 Å². The number of aromatic nitrogens is 2. The van der Waals surface area contributed by atoms with Crippen molar-refractivity contribution in [1.29, 1.82) is 0 Å². The molecule has 1 aliphatic heterocycles. The van der Waals surface area contributed by atoms with Crippen LogP contribution in [0, 0.1) is 13.8 Å². The van der Waals surface area contributed by atoms with Crippen LogP contribution in [0.25, 0.3) is 11.8 Å². The molecular weight excluding hydrogens is 562 g/mol. The first-order chi connectivity index (χ1) is 20.7.